The van der Waals surface area contributed by atoms with E-state index in [1.807, 2.05) is 0 Å². The molecule has 0 unspecified atom stereocenters. The van der Waals surface area contributed by atoms with Crippen molar-refractivity contribution in [3.63, 3.8) is 0 Å². The molecule has 0 radical (unpaired) electrons. The molecule has 1 heterocycles. The van der Waals surface area contributed by atoms with Gasteiger partial charge in [0.15, 0.2) is 0 Å². The molecule has 0 bridgehead atoms. The van der Waals surface area contributed by atoms with Crippen LogP contribution >= 0.6 is 0 Å². The van der Waals surface area contributed by atoms with Crippen LogP contribution in [-0.2, 0) is 4.79 Å². The van der Waals surface area contributed by atoms with E-state index in [0.717, 1.165) is 4.68 Å². The lowest BCUT2D eigenvalue weighted by molar-refractivity contribution is -0.132. The molecule has 1 aromatic heterocycles. The Hall–Kier alpha value is -2.24. The van der Waals surface area contributed by atoms with Gasteiger partial charge < -0.3 is 5.11 Å². The third kappa shape index (κ3) is 1.13. The fourth-order valence-corrected chi connectivity index (χ4v) is 1.11. The van der Waals surface area contributed by atoms with Crippen molar-refractivity contribution >= 4 is 22.9 Å². The Morgan fingerprint density at radius 2 is 2.00 bits per heavy atom. The van der Waals surface area contributed by atoms with Gasteiger partial charge >= 0.3 is 11.9 Å². The molecule has 14 heavy (non-hydrogen) atoms. The molecule has 0 spiro atoms. The highest BCUT2D eigenvalue weighted by Gasteiger charge is 2.18. The van der Waals surface area contributed by atoms with Crippen molar-refractivity contribution in [2.75, 3.05) is 0 Å². The van der Waals surface area contributed by atoms with Crippen LogP contribution in [0.25, 0.3) is 11.0 Å². The van der Waals surface area contributed by atoms with E-state index in [1.54, 1.807) is 24.3 Å². The molecule has 0 aliphatic carbocycles. The molecule has 70 valence electrons. The van der Waals surface area contributed by atoms with E-state index < -0.39 is 11.9 Å². The van der Waals surface area contributed by atoms with Crippen LogP contribution in [0.5, 0.6) is 0 Å². The number of carbonyl (C=O) groups excluding carboxylic acids is 1. The highest BCUT2D eigenvalue weighted by atomic mass is 16.4. The summed E-state index contributed by atoms with van der Waals surface area (Å²) in [5, 5.41) is 15.6. The number of hydrogen-bond donors (Lipinski definition) is 1. The number of carboxylic acids is 1. The number of nitrogens with zero attached hydrogens (tertiary/aromatic N) is 3. The summed E-state index contributed by atoms with van der Waals surface area (Å²) in [5.74, 6) is -2.67. The summed E-state index contributed by atoms with van der Waals surface area (Å²) in [6.07, 6.45) is 0. The Labute approximate surface area is 77.8 Å². The van der Waals surface area contributed by atoms with E-state index >= 15 is 0 Å². The van der Waals surface area contributed by atoms with Crippen molar-refractivity contribution in [3.05, 3.63) is 24.3 Å². The first-order chi connectivity index (χ1) is 6.70. The molecule has 6 heteroatoms. The maximum Gasteiger partial charge on any atom is 0.396 e. The lowest BCUT2D eigenvalue weighted by Crippen LogP contribution is -2.22. The Kier molecular flexibility index (Phi) is 1.74. The Bertz CT molecular complexity index is 517. The van der Waals surface area contributed by atoms with Crippen LogP contribution in [0.4, 0.5) is 0 Å². The van der Waals surface area contributed by atoms with E-state index in [4.69, 9.17) is 5.11 Å². The van der Waals surface area contributed by atoms with Crippen molar-refractivity contribution in [3.8, 4) is 0 Å². The molecule has 1 aromatic carbocycles. The third-order valence-corrected chi connectivity index (χ3v) is 1.73. The normalized spacial score (nSPS) is 10.3. The summed E-state index contributed by atoms with van der Waals surface area (Å²) in [6.45, 7) is 0. The Morgan fingerprint density at radius 1 is 1.29 bits per heavy atom. The van der Waals surface area contributed by atoms with Gasteiger partial charge in [0.05, 0.1) is 5.52 Å². The molecular formula is C8H5N3O3. The van der Waals surface area contributed by atoms with Gasteiger partial charge in [0.1, 0.15) is 5.52 Å². The van der Waals surface area contributed by atoms with Crippen LogP contribution in [-0.4, -0.2) is 32.0 Å². The summed E-state index contributed by atoms with van der Waals surface area (Å²) < 4.78 is 0.762. The van der Waals surface area contributed by atoms with Crippen molar-refractivity contribution in [2.45, 2.75) is 0 Å². The van der Waals surface area contributed by atoms with E-state index in [0.29, 0.717) is 11.0 Å². The van der Waals surface area contributed by atoms with Gasteiger partial charge in [-0.25, -0.2) is 4.79 Å². The number of carbonyl (C=O) groups is 2. The van der Waals surface area contributed by atoms with Crippen LogP contribution in [0.3, 0.4) is 0 Å². The zero-order valence-electron chi connectivity index (χ0n) is 6.91. The molecule has 6 nitrogen and oxygen atoms in total. The predicted octanol–water partition coefficient (Wildman–Crippen LogP) is 0.156. The second-order valence-electron chi connectivity index (χ2n) is 2.60. The number of rotatable bonds is 0. The molecule has 0 fully saturated rings. The van der Waals surface area contributed by atoms with E-state index in [1.165, 1.54) is 0 Å². The molecule has 0 saturated heterocycles. The predicted molar refractivity (Wildman–Crippen MR) is 45.8 cm³/mol. The van der Waals surface area contributed by atoms with Crippen LogP contribution in [0.15, 0.2) is 24.3 Å². The topological polar surface area (TPSA) is 85.1 Å². The number of aliphatic carboxylic acids is 1. The van der Waals surface area contributed by atoms with Gasteiger partial charge in [-0.15, -0.1) is 5.10 Å². The van der Waals surface area contributed by atoms with Gasteiger partial charge in [0, 0.05) is 0 Å². The maximum atomic E-state index is 11.1. The zero-order valence-corrected chi connectivity index (χ0v) is 6.91. The molecular weight excluding hydrogens is 186 g/mol. The minimum Gasteiger partial charge on any atom is -0.474 e. The van der Waals surface area contributed by atoms with Crippen LogP contribution < -0.4 is 0 Å². The van der Waals surface area contributed by atoms with Gasteiger partial charge in [-0.3, -0.25) is 4.79 Å². The number of aromatic nitrogens is 3. The number of para-hydroxylation sites is 1. The second kappa shape index (κ2) is 2.91. The fourth-order valence-electron chi connectivity index (χ4n) is 1.11. The minimum atomic E-state index is -1.55. The van der Waals surface area contributed by atoms with Gasteiger partial charge in [0.2, 0.25) is 0 Å². The molecule has 2 rings (SSSR count). The summed E-state index contributed by atoms with van der Waals surface area (Å²) >= 11 is 0. The number of fused-ring (bicyclic) bond motifs is 1. The summed E-state index contributed by atoms with van der Waals surface area (Å²) in [5.41, 5.74) is 0.877. The highest BCUT2D eigenvalue weighted by molar-refractivity contribution is 6.33. The fraction of sp³-hybridized carbons (Fsp3) is 0. The van der Waals surface area contributed by atoms with E-state index in [-0.39, 0.29) is 0 Å². The zero-order chi connectivity index (χ0) is 10.1. The smallest absolute Gasteiger partial charge is 0.396 e. The van der Waals surface area contributed by atoms with E-state index in [2.05, 4.69) is 10.3 Å². The van der Waals surface area contributed by atoms with Crippen LogP contribution in [0.2, 0.25) is 0 Å². The molecule has 0 atom stereocenters. The summed E-state index contributed by atoms with van der Waals surface area (Å²) in [4.78, 5) is 21.5. The lowest BCUT2D eigenvalue weighted by Gasteiger charge is -1.93. The highest BCUT2D eigenvalue weighted by Crippen LogP contribution is 2.08. The standard InChI is InChI=1S/C8H5N3O3/c12-7(8(13)14)11-6-4-2-1-3-5(6)9-10-11/h1-4H,(H,13,14). The van der Waals surface area contributed by atoms with Crippen molar-refractivity contribution in [1.82, 2.24) is 15.0 Å². The monoisotopic (exact) mass is 191 g/mol. The average Bonchev–Trinajstić information content (AvgIpc) is 2.60. The van der Waals surface area contributed by atoms with Gasteiger partial charge in [0.25, 0.3) is 0 Å². The minimum absolute atomic E-state index is 0.389. The van der Waals surface area contributed by atoms with Crippen molar-refractivity contribution in [1.29, 1.82) is 0 Å². The molecule has 1 N–H and O–H groups in total. The maximum absolute atomic E-state index is 11.1. The second-order valence-corrected chi connectivity index (χ2v) is 2.60. The summed E-state index contributed by atoms with van der Waals surface area (Å²) in [6, 6.07) is 6.63. The first kappa shape index (κ1) is 8.36. The number of carboxylic acid groups (broad SMARTS) is 1. The SMILES string of the molecule is O=C(O)C(=O)n1nnc2ccccc21. The average molecular weight is 191 g/mol. The number of hydrogen-bond acceptors (Lipinski definition) is 4. The van der Waals surface area contributed by atoms with Crippen molar-refractivity contribution < 1.29 is 14.7 Å². The third-order valence-electron chi connectivity index (χ3n) is 1.73. The molecule has 0 amide bonds. The van der Waals surface area contributed by atoms with Gasteiger partial charge in [-0.05, 0) is 12.1 Å². The molecule has 0 saturated carbocycles. The van der Waals surface area contributed by atoms with Gasteiger partial charge in [-0.1, -0.05) is 17.3 Å². The van der Waals surface area contributed by atoms with Gasteiger partial charge in [-0.2, -0.15) is 4.68 Å². The van der Waals surface area contributed by atoms with Crippen LogP contribution in [0.1, 0.15) is 4.79 Å². The molecule has 0 aliphatic heterocycles. The molecule has 0 aliphatic rings. The lowest BCUT2D eigenvalue weighted by atomic mass is 10.3. The Morgan fingerprint density at radius 3 is 2.71 bits per heavy atom. The van der Waals surface area contributed by atoms with Crippen molar-refractivity contribution in [2.24, 2.45) is 0 Å². The quantitative estimate of drug-likeness (QED) is 0.599. The van der Waals surface area contributed by atoms with Crippen LogP contribution in [0, 0.1) is 0 Å². The number of benzene rings is 1. The Balaban J connectivity index is 2.64. The summed E-state index contributed by atoms with van der Waals surface area (Å²) in [7, 11) is 0. The first-order valence-corrected chi connectivity index (χ1v) is 3.78. The molecule has 2 aromatic rings. The first-order valence-electron chi connectivity index (χ1n) is 3.78. The van der Waals surface area contributed by atoms with E-state index in [9.17, 15) is 9.59 Å². The largest absolute Gasteiger partial charge is 0.474 e.